The van der Waals surface area contributed by atoms with Crippen LogP contribution in [0.1, 0.15) is 32.2 Å². The van der Waals surface area contributed by atoms with Crippen LogP contribution in [0.25, 0.3) is 11.2 Å². The normalized spacial score (nSPS) is 21.0. The van der Waals surface area contributed by atoms with Crippen molar-refractivity contribution in [2.75, 3.05) is 52.7 Å². The Labute approximate surface area is 236 Å². The third-order valence-electron chi connectivity index (χ3n) is 6.81. The first-order chi connectivity index (χ1) is 19.6. The van der Waals surface area contributed by atoms with E-state index in [-0.39, 0.29) is 24.5 Å². The molecule has 0 spiro atoms. The second-order valence-corrected chi connectivity index (χ2v) is 11.5. The molecule has 2 heterocycles. The Hall–Kier alpha value is -3.14. The molecule has 0 saturated heterocycles. The van der Waals surface area contributed by atoms with Crippen molar-refractivity contribution >= 4 is 42.6 Å². The number of aromatic nitrogens is 4. The smallest absolute Gasteiger partial charge is 0.406 e. The largest absolute Gasteiger partial charge is 0.468 e. The van der Waals surface area contributed by atoms with Crippen LogP contribution in [0.5, 0.6) is 0 Å². The molecule has 2 aromatic heterocycles. The minimum atomic E-state index is -4.22. The lowest BCUT2D eigenvalue weighted by atomic mass is 10.1. The maximum atomic E-state index is 13.7. The van der Waals surface area contributed by atoms with E-state index in [1.807, 2.05) is 16.7 Å². The second kappa shape index (κ2) is 12.8. The molecule has 1 unspecified atom stereocenters. The number of methoxy groups -OCH3 is 4. The Morgan fingerprint density at radius 1 is 1.15 bits per heavy atom. The number of nitrogens with one attached hydrogen (secondary N) is 2. The number of allylic oxidation sites excluding steroid dienone is 1. The lowest BCUT2D eigenvalue weighted by molar-refractivity contribution is -0.237. The molecule has 41 heavy (non-hydrogen) atoms. The Morgan fingerprint density at radius 2 is 1.88 bits per heavy atom. The van der Waals surface area contributed by atoms with Gasteiger partial charge in [0, 0.05) is 26.2 Å². The third kappa shape index (κ3) is 7.02. The first kappa shape index (κ1) is 30.8. The van der Waals surface area contributed by atoms with Crippen molar-refractivity contribution in [1.29, 1.82) is 0 Å². The van der Waals surface area contributed by atoms with Gasteiger partial charge in [0.15, 0.2) is 17.0 Å². The molecule has 1 saturated carbocycles. The van der Waals surface area contributed by atoms with Gasteiger partial charge < -0.3 is 34.6 Å². The van der Waals surface area contributed by atoms with Gasteiger partial charge in [-0.15, -0.1) is 0 Å². The Morgan fingerprint density at radius 3 is 2.51 bits per heavy atom. The summed E-state index contributed by atoms with van der Waals surface area (Å²) in [6.45, 7) is 0.725. The summed E-state index contributed by atoms with van der Waals surface area (Å²) in [6.07, 6.45) is 8.28. The summed E-state index contributed by atoms with van der Waals surface area (Å²) in [5.41, 5.74) is 7.20. The van der Waals surface area contributed by atoms with Crippen molar-refractivity contribution in [3.8, 4) is 0 Å². The first-order valence-corrected chi connectivity index (χ1v) is 14.5. The molecule has 0 amide bonds. The third-order valence-corrected chi connectivity index (χ3v) is 8.47. The number of carbonyl (C=O) groups is 2. The van der Waals surface area contributed by atoms with Crippen LogP contribution < -0.4 is 16.1 Å². The number of imidazole rings is 1. The molecule has 0 aromatic carbocycles. The van der Waals surface area contributed by atoms with Gasteiger partial charge in [-0.05, 0) is 26.2 Å². The Balaban J connectivity index is 1.46. The van der Waals surface area contributed by atoms with Crippen LogP contribution in [0.2, 0.25) is 0 Å². The van der Waals surface area contributed by atoms with Crippen molar-refractivity contribution in [3.05, 3.63) is 18.5 Å². The lowest BCUT2D eigenvalue weighted by Gasteiger charge is -2.30. The molecule has 226 valence electrons. The molecule has 2 aromatic rings. The number of hydrogen-bond acceptors (Lipinski definition) is 14. The molecule has 0 radical (unpaired) electrons. The summed E-state index contributed by atoms with van der Waals surface area (Å²) in [4.78, 5) is 37.5. The van der Waals surface area contributed by atoms with Gasteiger partial charge in [-0.25, -0.2) is 19.4 Å². The van der Waals surface area contributed by atoms with Gasteiger partial charge >= 0.3 is 19.7 Å². The molecular weight excluding hydrogens is 561 g/mol. The van der Waals surface area contributed by atoms with Crippen LogP contribution in [0.3, 0.4) is 0 Å². The highest BCUT2D eigenvalue weighted by molar-refractivity contribution is 7.51. The van der Waals surface area contributed by atoms with Crippen LogP contribution >= 0.6 is 7.75 Å². The fraction of sp³-hybridized carbons (Fsp3) is 0.625. The van der Waals surface area contributed by atoms with E-state index in [0.717, 1.165) is 20.0 Å². The molecule has 4 atom stereocenters. The van der Waals surface area contributed by atoms with Gasteiger partial charge in [-0.3, -0.25) is 13.8 Å². The molecular formula is C24H36N7O9P. The number of nitrogens with zero attached hydrogens (tertiary/aromatic N) is 4. The predicted octanol–water partition coefficient (Wildman–Crippen LogP) is 1.55. The maximum absolute atomic E-state index is 13.7. The van der Waals surface area contributed by atoms with Crippen LogP contribution in [0.15, 0.2) is 18.5 Å². The molecule has 0 aliphatic heterocycles. The molecule has 16 nitrogen and oxygen atoms in total. The fourth-order valence-electron chi connectivity index (χ4n) is 4.30. The fourth-order valence-corrected chi connectivity index (χ4v) is 5.84. The second-order valence-electron chi connectivity index (χ2n) is 9.71. The minimum absolute atomic E-state index is 0.0470. The van der Waals surface area contributed by atoms with E-state index >= 15 is 0 Å². The molecule has 0 bridgehead atoms. The van der Waals surface area contributed by atoms with Crippen LogP contribution in [0.4, 0.5) is 11.8 Å². The highest BCUT2D eigenvalue weighted by atomic mass is 31.2. The van der Waals surface area contributed by atoms with E-state index in [4.69, 9.17) is 33.7 Å². The number of hydrogen-bond donors (Lipinski definition) is 3. The van der Waals surface area contributed by atoms with Gasteiger partial charge in [-0.2, -0.15) is 9.97 Å². The lowest BCUT2D eigenvalue weighted by Crippen LogP contribution is -2.48. The number of carbonyl (C=O) groups excluding carboxylic acids is 2. The van der Waals surface area contributed by atoms with Crippen LogP contribution in [-0.2, 0) is 42.1 Å². The van der Waals surface area contributed by atoms with Crippen LogP contribution in [0, 0.1) is 5.92 Å². The zero-order valence-corrected chi connectivity index (χ0v) is 24.5. The summed E-state index contributed by atoms with van der Waals surface area (Å²) in [5, 5.41) is 5.88. The van der Waals surface area contributed by atoms with Crippen LogP contribution in [-0.4, -0.2) is 91.0 Å². The predicted molar refractivity (Wildman–Crippen MR) is 146 cm³/mol. The number of anilines is 2. The molecule has 4 rings (SSSR count). The number of rotatable bonds is 15. The summed E-state index contributed by atoms with van der Waals surface area (Å²) in [6, 6.07) is -0.825. The summed E-state index contributed by atoms with van der Waals surface area (Å²) in [5.74, 6) is -3.06. The van der Waals surface area contributed by atoms with E-state index < -0.39 is 38.1 Å². The molecule has 2 aliphatic carbocycles. The molecule has 2 aliphatic rings. The summed E-state index contributed by atoms with van der Waals surface area (Å²) >= 11 is 0. The van der Waals surface area contributed by atoms with E-state index in [1.54, 1.807) is 6.33 Å². The first-order valence-electron chi connectivity index (χ1n) is 12.9. The molecule has 4 N–H and O–H groups in total. The zero-order chi connectivity index (χ0) is 29.8. The Bertz CT molecular complexity index is 1330. The topological polar surface area (TPSA) is 200 Å². The van der Waals surface area contributed by atoms with Crippen molar-refractivity contribution < 1.29 is 42.1 Å². The van der Waals surface area contributed by atoms with Gasteiger partial charge in [0.25, 0.3) is 5.79 Å². The monoisotopic (exact) mass is 597 g/mol. The van der Waals surface area contributed by atoms with Crippen molar-refractivity contribution in [2.24, 2.45) is 5.92 Å². The average Bonchev–Trinajstić information content (AvgIpc) is 3.48. The van der Waals surface area contributed by atoms with Gasteiger partial charge in [0.1, 0.15) is 12.6 Å². The Kier molecular flexibility index (Phi) is 9.62. The standard InChI is InChI=1S/C24H36N7O9P/c1-14(21(32)35-2)30-41(34,40-12-24(37-4,38-5)22(33)36-3)39-11-15-6-9-17(10-15)31-13-26-18-19(27-16-7-8-16)28-23(25)29-20(18)31/h6,9,13-17H,7-8,10-12H2,1-5H3,(H,30,34)(H3,25,27,28,29)/t14-,15+,17-,41?/m0/s1. The number of nitrogens with two attached hydrogens (primary N) is 1. The van der Waals surface area contributed by atoms with E-state index in [1.165, 1.54) is 28.3 Å². The van der Waals surface area contributed by atoms with E-state index in [2.05, 4.69) is 25.4 Å². The maximum Gasteiger partial charge on any atom is 0.406 e. The van der Waals surface area contributed by atoms with Gasteiger partial charge in [0.2, 0.25) is 5.95 Å². The SMILES string of the molecule is COC(=O)[C@H](C)NP(=O)(OC[C@@H]1C=C[C@H](n2cnc3c(NC4CC4)nc(N)nc32)C1)OCC(OC)(OC)C(=O)OC. The highest BCUT2D eigenvalue weighted by Crippen LogP contribution is 2.47. The zero-order valence-electron chi connectivity index (χ0n) is 23.6. The summed E-state index contributed by atoms with van der Waals surface area (Å²) in [7, 11) is 0.509. The average molecular weight is 598 g/mol. The van der Waals surface area contributed by atoms with Crippen molar-refractivity contribution in [3.63, 3.8) is 0 Å². The van der Waals surface area contributed by atoms with Crippen molar-refractivity contribution in [1.82, 2.24) is 24.6 Å². The number of fused-ring (bicyclic) bond motifs is 1. The van der Waals surface area contributed by atoms with Gasteiger partial charge in [0.05, 0.1) is 33.2 Å². The highest BCUT2D eigenvalue weighted by Gasteiger charge is 2.44. The van der Waals surface area contributed by atoms with Crippen molar-refractivity contribution in [2.45, 2.75) is 50.1 Å². The number of esters is 2. The van der Waals surface area contributed by atoms with E-state index in [0.29, 0.717) is 29.4 Å². The molecule has 1 fully saturated rings. The minimum Gasteiger partial charge on any atom is -0.468 e. The number of ether oxygens (including phenoxy) is 4. The molecule has 17 heteroatoms. The van der Waals surface area contributed by atoms with E-state index in [9.17, 15) is 14.2 Å². The number of nitrogen functional groups attached to an aromatic ring is 1. The quantitative estimate of drug-likeness (QED) is 0.115. The van der Waals surface area contributed by atoms with Gasteiger partial charge in [-0.1, -0.05) is 12.2 Å². The summed E-state index contributed by atoms with van der Waals surface area (Å²) < 4.78 is 46.7.